The predicted molar refractivity (Wildman–Crippen MR) is 120 cm³/mol. The van der Waals surface area contributed by atoms with Crippen molar-refractivity contribution in [1.29, 1.82) is 0 Å². The summed E-state index contributed by atoms with van der Waals surface area (Å²) >= 11 is 0. The van der Waals surface area contributed by atoms with Crippen molar-refractivity contribution < 1.29 is 19.4 Å². The molecule has 2 saturated carbocycles. The number of aromatic nitrogens is 4. The smallest absolute Gasteiger partial charge is 0.410 e. The van der Waals surface area contributed by atoms with E-state index >= 15 is 0 Å². The van der Waals surface area contributed by atoms with Gasteiger partial charge in [0.15, 0.2) is 0 Å². The summed E-state index contributed by atoms with van der Waals surface area (Å²) in [6.07, 6.45) is 5.67. The zero-order valence-electron chi connectivity index (χ0n) is 19.3. The van der Waals surface area contributed by atoms with Crippen molar-refractivity contribution in [2.75, 3.05) is 7.05 Å². The van der Waals surface area contributed by atoms with Crippen molar-refractivity contribution in [3.05, 3.63) is 29.1 Å². The van der Waals surface area contributed by atoms with Crippen LogP contribution < -0.4 is 0 Å². The van der Waals surface area contributed by atoms with E-state index in [0.29, 0.717) is 17.1 Å². The monoisotopic (exact) mass is 451 g/mol. The molecular formula is C24H29N5O4. The largest absolute Gasteiger partial charge is 0.481 e. The summed E-state index contributed by atoms with van der Waals surface area (Å²) in [6, 6.07) is 3.91. The van der Waals surface area contributed by atoms with Crippen LogP contribution in [0.5, 0.6) is 0 Å². The molecule has 0 saturated heterocycles. The first-order chi connectivity index (χ1) is 15.8. The third-order valence-corrected chi connectivity index (χ3v) is 6.57. The summed E-state index contributed by atoms with van der Waals surface area (Å²) in [5.74, 6) is 5.42. The van der Waals surface area contributed by atoms with Gasteiger partial charge in [-0.25, -0.2) is 9.48 Å². The highest BCUT2D eigenvalue weighted by Gasteiger charge is 2.43. The average Bonchev–Trinajstić information content (AvgIpc) is 3.16. The molecule has 0 aliphatic heterocycles. The summed E-state index contributed by atoms with van der Waals surface area (Å²) < 4.78 is 7.15. The van der Waals surface area contributed by atoms with Gasteiger partial charge in [-0.15, -0.1) is 5.10 Å². The summed E-state index contributed by atoms with van der Waals surface area (Å²) in [7, 11) is 3.54. The molecular weight excluding hydrogens is 422 g/mol. The molecule has 0 unspecified atom stereocenters. The average molecular weight is 452 g/mol. The van der Waals surface area contributed by atoms with Crippen LogP contribution in [0.2, 0.25) is 0 Å². The molecule has 2 aromatic rings. The van der Waals surface area contributed by atoms with Crippen LogP contribution in [0.1, 0.15) is 61.9 Å². The molecule has 2 aliphatic rings. The Hall–Kier alpha value is -3.41. The fourth-order valence-corrected chi connectivity index (χ4v) is 4.22. The Balaban J connectivity index is 1.47. The Bertz CT molecular complexity index is 1120. The lowest BCUT2D eigenvalue weighted by atomic mass is 10.0. The first-order valence-corrected chi connectivity index (χ1v) is 11.3. The van der Waals surface area contributed by atoms with E-state index < -0.39 is 11.4 Å². The van der Waals surface area contributed by atoms with Crippen LogP contribution in [0.25, 0.3) is 11.4 Å². The summed E-state index contributed by atoms with van der Waals surface area (Å²) in [5, 5.41) is 17.4. The second kappa shape index (κ2) is 9.22. The Morgan fingerprint density at radius 1 is 1.30 bits per heavy atom. The summed E-state index contributed by atoms with van der Waals surface area (Å²) in [4.78, 5) is 29.9. The van der Waals surface area contributed by atoms with Gasteiger partial charge in [0.25, 0.3) is 0 Å². The normalized spacial score (nSPS) is 16.7. The Kier molecular flexibility index (Phi) is 6.36. The Morgan fingerprint density at radius 3 is 2.67 bits per heavy atom. The van der Waals surface area contributed by atoms with Gasteiger partial charge in [-0.2, -0.15) is 0 Å². The predicted octanol–water partition coefficient (Wildman–Crippen LogP) is 3.30. The van der Waals surface area contributed by atoms with Gasteiger partial charge < -0.3 is 14.7 Å². The number of rotatable bonds is 6. The second-order valence-electron chi connectivity index (χ2n) is 9.04. The molecule has 2 fully saturated rings. The second-order valence-corrected chi connectivity index (χ2v) is 9.04. The maximum atomic E-state index is 12.5. The van der Waals surface area contributed by atoms with E-state index in [4.69, 9.17) is 9.84 Å². The first kappa shape index (κ1) is 22.8. The lowest BCUT2D eigenvalue weighted by Crippen LogP contribution is -2.35. The summed E-state index contributed by atoms with van der Waals surface area (Å²) in [5.41, 5.74) is 2.91. The van der Waals surface area contributed by atoms with E-state index in [1.165, 1.54) is 0 Å². The SMILES string of the molecule is Cc1nc(-c2nnn(C)c2COC(=O)N(C)C2CCCC2)ccc1C#CC1(CC(=O)O)CC1. The molecule has 1 amide bonds. The van der Waals surface area contributed by atoms with Gasteiger partial charge in [0, 0.05) is 31.1 Å². The third-order valence-electron chi connectivity index (χ3n) is 6.57. The zero-order valence-corrected chi connectivity index (χ0v) is 19.3. The van der Waals surface area contributed by atoms with Crippen molar-refractivity contribution >= 4 is 12.1 Å². The van der Waals surface area contributed by atoms with Gasteiger partial charge in [0.1, 0.15) is 18.0 Å². The molecule has 0 aromatic carbocycles. The van der Waals surface area contributed by atoms with Crippen LogP contribution in [0.15, 0.2) is 12.1 Å². The zero-order chi connectivity index (χ0) is 23.6. The van der Waals surface area contributed by atoms with Gasteiger partial charge >= 0.3 is 12.1 Å². The molecule has 0 spiro atoms. The van der Waals surface area contributed by atoms with E-state index in [0.717, 1.165) is 49.8 Å². The van der Waals surface area contributed by atoms with E-state index in [1.54, 1.807) is 23.7 Å². The molecule has 33 heavy (non-hydrogen) atoms. The maximum Gasteiger partial charge on any atom is 0.410 e. The molecule has 0 bridgehead atoms. The number of aliphatic carboxylic acids is 1. The van der Waals surface area contributed by atoms with E-state index in [-0.39, 0.29) is 25.2 Å². The Morgan fingerprint density at radius 2 is 2.03 bits per heavy atom. The standard InChI is InChI=1S/C24H29N5O4/c1-16-17(10-11-24(12-13-24)14-21(30)31)8-9-19(25-16)22-20(29(3)27-26-22)15-33-23(32)28(2)18-6-4-5-7-18/h8-9,18H,4-7,12-15H2,1-3H3,(H,30,31). The number of amides is 1. The molecule has 9 nitrogen and oxygen atoms in total. The van der Waals surface area contributed by atoms with Crippen molar-refractivity contribution in [2.24, 2.45) is 12.5 Å². The lowest BCUT2D eigenvalue weighted by molar-refractivity contribution is -0.137. The highest BCUT2D eigenvalue weighted by atomic mass is 16.6. The Labute approximate surface area is 193 Å². The quantitative estimate of drug-likeness (QED) is 0.671. The lowest BCUT2D eigenvalue weighted by Gasteiger charge is -2.23. The van der Waals surface area contributed by atoms with Gasteiger partial charge in [-0.3, -0.25) is 9.78 Å². The topological polar surface area (TPSA) is 110 Å². The fraction of sp³-hybridized carbons (Fsp3) is 0.542. The van der Waals surface area contributed by atoms with E-state index in [2.05, 4.69) is 27.1 Å². The third kappa shape index (κ3) is 5.16. The van der Waals surface area contributed by atoms with Gasteiger partial charge in [0.2, 0.25) is 0 Å². The van der Waals surface area contributed by atoms with Crippen molar-refractivity contribution in [2.45, 2.75) is 64.5 Å². The van der Waals surface area contributed by atoms with Crippen LogP contribution in [-0.2, 0) is 23.2 Å². The minimum atomic E-state index is -0.822. The molecule has 2 aromatic heterocycles. The van der Waals surface area contributed by atoms with E-state index in [1.807, 2.05) is 19.1 Å². The first-order valence-electron chi connectivity index (χ1n) is 11.3. The highest BCUT2D eigenvalue weighted by molar-refractivity contribution is 5.69. The maximum absolute atomic E-state index is 12.5. The number of carboxylic acids is 1. The highest BCUT2D eigenvalue weighted by Crippen LogP contribution is 2.48. The molecule has 1 N–H and O–H groups in total. The molecule has 0 atom stereocenters. The van der Waals surface area contributed by atoms with Crippen LogP contribution in [0.3, 0.4) is 0 Å². The molecule has 2 aliphatic carbocycles. The molecule has 4 rings (SSSR count). The number of hydrogen-bond donors (Lipinski definition) is 1. The van der Waals surface area contributed by atoms with E-state index in [9.17, 15) is 9.59 Å². The van der Waals surface area contributed by atoms with Crippen LogP contribution in [0, 0.1) is 24.2 Å². The minimum Gasteiger partial charge on any atom is -0.481 e. The molecule has 174 valence electrons. The van der Waals surface area contributed by atoms with Crippen LogP contribution in [-0.4, -0.2) is 55.1 Å². The van der Waals surface area contributed by atoms with Gasteiger partial charge in [-0.1, -0.05) is 29.9 Å². The van der Waals surface area contributed by atoms with Crippen molar-refractivity contribution in [1.82, 2.24) is 24.9 Å². The number of ether oxygens (including phenoxy) is 1. The number of pyridine rings is 1. The number of carbonyl (C=O) groups is 2. The van der Waals surface area contributed by atoms with Crippen LogP contribution >= 0.6 is 0 Å². The van der Waals surface area contributed by atoms with Gasteiger partial charge in [0.05, 0.1) is 17.8 Å². The molecule has 9 heteroatoms. The number of carboxylic acid groups (broad SMARTS) is 1. The molecule has 0 radical (unpaired) electrons. The number of nitrogens with zero attached hydrogens (tertiary/aromatic N) is 5. The fourth-order valence-electron chi connectivity index (χ4n) is 4.22. The number of hydrogen-bond acceptors (Lipinski definition) is 6. The summed E-state index contributed by atoms with van der Waals surface area (Å²) in [6.45, 7) is 1.91. The van der Waals surface area contributed by atoms with Crippen molar-refractivity contribution in [3.63, 3.8) is 0 Å². The minimum absolute atomic E-state index is 0.0503. The molecule has 2 heterocycles. The van der Waals surface area contributed by atoms with Crippen molar-refractivity contribution in [3.8, 4) is 23.2 Å². The van der Waals surface area contributed by atoms with Gasteiger partial charge in [-0.05, 0) is 44.7 Å². The number of aryl methyl sites for hydroxylation is 2. The number of carbonyl (C=O) groups excluding carboxylic acids is 1. The van der Waals surface area contributed by atoms with Crippen LogP contribution in [0.4, 0.5) is 4.79 Å².